The lowest BCUT2D eigenvalue weighted by atomic mass is 9.97. The first-order chi connectivity index (χ1) is 14.8. The maximum Gasteiger partial charge on any atom is 0.244 e. The number of carbonyl (C=O) groups excluding carboxylic acids is 1. The predicted molar refractivity (Wildman–Crippen MR) is 118 cm³/mol. The number of nitrogens with one attached hydrogen (secondary N) is 1. The Morgan fingerprint density at radius 3 is 2.52 bits per heavy atom. The van der Waals surface area contributed by atoms with Gasteiger partial charge in [0.2, 0.25) is 27.6 Å². The number of hydrogen-bond acceptors (Lipinski definition) is 7. The highest BCUT2D eigenvalue weighted by molar-refractivity contribution is 7.89. The van der Waals surface area contributed by atoms with E-state index in [4.69, 9.17) is 4.52 Å². The van der Waals surface area contributed by atoms with Crippen LogP contribution in [-0.2, 0) is 14.8 Å². The molecule has 1 N–H and O–H groups in total. The fraction of sp³-hybridized carbons (Fsp3) is 0.667. The molecule has 1 aliphatic carbocycles. The van der Waals surface area contributed by atoms with Gasteiger partial charge in [0.05, 0.1) is 9.77 Å². The maximum atomic E-state index is 13.3. The second-order valence-electron chi connectivity index (χ2n) is 8.81. The van der Waals surface area contributed by atoms with E-state index in [1.807, 2.05) is 13.8 Å². The fourth-order valence-electron chi connectivity index (χ4n) is 4.29. The van der Waals surface area contributed by atoms with Crippen LogP contribution in [0, 0.1) is 12.8 Å². The van der Waals surface area contributed by atoms with Crippen molar-refractivity contribution >= 4 is 27.3 Å². The molecule has 1 amide bonds. The number of sulfonamides is 1. The minimum Gasteiger partial charge on any atom is -0.353 e. The average molecular weight is 467 g/mol. The van der Waals surface area contributed by atoms with E-state index in [2.05, 4.69) is 15.5 Å². The van der Waals surface area contributed by atoms with Crippen LogP contribution >= 0.6 is 11.3 Å². The first-order valence-corrected chi connectivity index (χ1v) is 13.3. The molecule has 0 atom stereocenters. The molecule has 0 radical (unpaired) electrons. The van der Waals surface area contributed by atoms with E-state index in [-0.39, 0.29) is 22.6 Å². The Balaban J connectivity index is 1.43. The molecule has 4 rings (SSSR count). The Bertz CT molecular complexity index is 1030. The fourth-order valence-corrected chi connectivity index (χ4v) is 7.24. The second kappa shape index (κ2) is 8.99. The van der Waals surface area contributed by atoms with Crippen molar-refractivity contribution in [1.29, 1.82) is 0 Å². The molecule has 0 spiro atoms. The van der Waals surface area contributed by atoms with Crippen molar-refractivity contribution in [3.05, 3.63) is 16.8 Å². The number of aromatic nitrogens is 2. The van der Waals surface area contributed by atoms with E-state index in [0.29, 0.717) is 53.4 Å². The van der Waals surface area contributed by atoms with Crippen LogP contribution in [0.1, 0.15) is 69.1 Å². The molecule has 31 heavy (non-hydrogen) atoms. The molecule has 2 aliphatic rings. The number of carbonyl (C=O) groups is 1. The van der Waals surface area contributed by atoms with Crippen molar-refractivity contribution < 1.29 is 17.7 Å². The monoisotopic (exact) mass is 466 g/mol. The zero-order valence-corrected chi connectivity index (χ0v) is 19.9. The summed E-state index contributed by atoms with van der Waals surface area (Å²) in [6.07, 6.45) is 5.56. The lowest BCUT2D eigenvalue weighted by Crippen LogP contribution is -2.44. The zero-order valence-electron chi connectivity index (χ0n) is 18.3. The minimum atomic E-state index is -3.64. The highest BCUT2D eigenvalue weighted by atomic mass is 32.2. The van der Waals surface area contributed by atoms with E-state index < -0.39 is 10.0 Å². The smallest absolute Gasteiger partial charge is 0.244 e. The van der Waals surface area contributed by atoms with E-state index in [9.17, 15) is 13.2 Å². The van der Waals surface area contributed by atoms with Crippen LogP contribution in [0.2, 0.25) is 0 Å². The summed E-state index contributed by atoms with van der Waals surface area (Å²) in [4.78, 5) is 18.6. The number of thiophene rings is 1. The molecule has 1 saturated carbocycles. The summed E-state index contributed by atoms with van der Waals surface area (Å²) in [7, 11) is -3.64. The third kappa shape index (κ3) is 4.70. The van der Waals surface area contributed by atoms with Crippen molar-refractivity contribution in [2.45, 2.75) is 76.2 Å². The highest BCUT2D eigenvalue weighted by Crippen LogP contribution is 2.35. The molecule has 0 bridgehead atoms. The maximum absolute atomic E-state index is 13.3. The predicted octanol–water partition coefficient (Wildman–Crippen LogP) is 3.69. The van der Waals surface area contributed by atoms with Crippen LogP contribution < -0.4 is 5.32 Å². The van der Waals surface area contributed by atoms with Gasteiger partial charge in [0.25, 0.3) is 0 Å². The number of amides is 1. The molecule has 0 aromatic carbocycles. The van der Waals surface area contributed by atoms with Gasteiger partial charge in [0.15, 0.2) is 0 Å². The van der Waals surface area contributed by atoms with Gasteiger partial charge in [-0.25, -0.2) is 8.42 Å². The summed E-state index contributed by atoms with van der Waals surface area (Å²) < 4.78 is 33.3. The van der Waals surface area contributed by atoms with Gasteiger partial charge in [0, 0.05) is 35.8 Å². The lowest BCUT2D eigenvalue weighted by Gasteiger charge is -2.31. The molecule has 170 valence electrons. The van der Waals surface area contributed by atoms with Gasteiger partial charge >= 0.3 is 0 Å². The topological polar surface area (TPSA) is 105 Å². The van der Waals surface area contributed by atoms with E-state index in [1.54, 1.807) is 13.0 Å². The molecular weight excluding hydrogens is 436 g/mol. The number of piperidine rings is 1. The normalized spacial score (nSPS) is 19.4. The van der Waals surface area contributed by atoms with Gasteiger partial charge in [-0.1, -0.05) is 31.8 Å². The molecule has 2 aromatic rings. The molecule has 8 nitrogen and oxygen atoms in total. The first kappa shape index (κ1) is 22.4. The molecule has 1 saturated heterocycles. The first-order valence-electron chi connectivity index (χ1n) is 11.0. The summed E-state index contributed by atoms with van der Waals surface area (Å²) in [6, 6.07) is 1.94. The quantitative estimate of drug-likeness (QED) is 0.696. The van der Waals surface area contributed by atoms with Gasteiger partial charge in [-0.05, 0) is 38.7 Å². The number of aryl methyl sites for hydroxylation is 1. The van der Waals surface area contributed by atoms with Gasteiger partial charge < -0.3 is 9.84 Å². The Hall–Kier alpha value is -1.78. The second-order valence-corrected chi connectivity index (χ2v) is 12.0. The van der Waals surface area contributed by atoms with Crippen molar-refractivity contribution in [3.8, 4) is 10.7 Å². The molecule has 10 heteroatoms. The van der Waals surface area contributed by atoms with Crippen molar-refractivity contribution in [2.75, 3.05) is 13.1 Å². The Morgan fingerprint density at radius 2 is 1.90 bits per heavy atom. The standard InChI is InChI=1S/C21H30N4O4S2/c1-13(2)21-23-19(24-29-21)17-12-18(14(3)30-17)31(27,28)25-10-8-15(9-11-25)20(26)22-16-6-4-5-7-16/h12-13,15-16H,4-11H2,1-3H3,(H,22,26). The molecule has 1 aliphatic heterocycles. The number of rotatable bonds is 6. The molecule has 0 unspecified atom stereocenters. The van der Waals surface area contributed by atoms with E-state index in [0.717, 1.165) is 12.8 Å². The van der Waals surface area contributed by atoms with Gasteiger partial charge in [0.1, 0.15) is 0 Å². The van der Waals surface area contributed by atoms with Gasteiger partial charge in [-0.2, -0.15) is 9.29 Å². The third-order valence-electron chi connectivity index (χ3n) is 6.17. The summed E-state index contributed by atoms with van der Waals surface area (Å²) >= 11 is 1.35. The van der Waals surface area contributed by atoms with Crippen LogP contribution in [0.3, 0.4) is 0 Å². The van der Waals surface area contributed by atoms with Crippen LogP contribution in [0.15, 0.2) is 15.5 Å². The molecule has 3 heterocycles. The van der Waals surface area contributed by atoms with E-state index in [1.165, 1.54) is 28.5 Å². The number of nitrogens with zero attached hydrogens (tertiary/aromatic N) is 3. The molecular formula is C21H30N4O4S2. The van der Waals surface area contributed by atoms with Crippen LogP contribution in [-0.4, -0.2) is 47.9 Å². The largest absolute Gasteiger partial charge is 0.353 e. The highest BCUT2D eigenvalue weighted by Gasteiger charge is 2.34. The van der Waals surface area contributed by atoms with Gasteiger partial charge in [-0.3, -0.25) is 4.79 Å². The SMILES string of the molecule is Cc1sc(-c2noc(C(C)C)n2)cc1S(=O)(=O)N1CCC(C(=O)NC2CCCC2)CC1. The minimum absolute atomic E-state index is 0.0796. The van der Waals surface area contributed by atoms with Crippen molar-refractivity contribution in [2.24, 2.45) is 5.92 Å². The summed E-state index contributed by atoms with van der Waals surface area (Å²) in [5.74, 6) is 1.03. The van der Waals surface area contributed by atoms with Crippen LogP contribution in [0.4, 0.5) is 0 Å². The molecule has 2 fully saturated rings. The Labute approximate surface area is 187 Å². The summed E-state index contributed by atoms with van der Waals surface area (Å²) in [5.41, 5.74) is 0. The Morgan fingerprint density at radius 1 is 1.23 bits per heavy atom. The third-order valence-corrected chi connectivity index (χ3v) is 9.37. The van der Waals surface area contributed by atoms with Crippen molar-refractivity contribution in [3.63, 3.8) is 0 Å². The average Bonchev–Trinajstić information content (AvgIpc) is 3.48. The van der Waals surface area contributed by atoms with Crippen molar-refractivity contribution in [1.82, 2.24) is 19.8 Å². The zero-order chi connectivity index (χ0) is 22.2. The summed E-state index contributed by atoms with van der Waals surface area (Å²) in [6.45, 7) is 6.44. The van der Waals surface area contributed by atoms with Crippen LogP contribution in [0.25, 0.3) is 10.7 Å². The lowest BCUT2D eigenvalue weighted by molar-refractivity contribution is -0.126. The van der Waals surface area contributed by atoms with E-state index >= 15 is 0 Å². The summed E-state index contributed by atoms with van der Waals surface area (Å²) in [5, 5.41) is 7.15. The number of hydrogen-bond donors (Lipinski definition) is 1. The van der Waals surface area contributed by atoms with Crippen LogP contribution in [0.5, 0.6) is 0 Å². The molecule has 2 aromatic heterocycles. The Kier molecular flexibility index (Phi) is 6.50. The van der Waals surface area contributed by atoms with Gasteiger partial charge in [-0.15, -0.1) is 11.3 Å².